The van der Waals surface area contributed by atoms with Gasteiger partial charge >= 0.3 is 0 Å². The molecule has 0 aliphatic heterocycles. The molecule has 0 aliphatic rings. The van der Waals surface area contributed by atoms with Gasteiger partial charge in [0.05, 0.1) is 16.9 Å². The summed E-state index contributed by atoms with van der Waals surface area (Å²) in [6.07, 6.45) is 0.270. The van der Waals surface area contributed by atoms with Crippen LogP contribution in [-0.2, 0) is 16.5 Å². The van der Waals surface area contributed by atoms with Crippen molar-refractivity contribution >= 4 is 10.1 Å². The summed E-state index contributed by atoms with van der Waals surface area (Å²) < 4.78 is 31.0. The van der Waals surface area contributed by atoms with Crippen LogP contribution in [0.5, 0.6) is 0 Å². The van der Waals surface area contributed by atoms with Crippen molar-refractivity contribution in [3.8, 4) is 17.2 Å². The second-order valence-corrected chi connectivity index (χ2v) is 6.75. The molecule has 108 valence electrons. The number of nitrogens with zero attached hydrogens (tertiary/aromatic N) is 1. The molecule has 0 spiro atoms. The van der Waals surface area contributed by atoms with Gasteiger partial charge in [0.1, 0.15) is 0 Å². The van der Waals surface area contributed by atoms with Crippen LogP contribution < -0.4 is 0 Å². The largest absolute Gasteiger partial charge is 0.285 e. The lowest BCUT2D eigenvalue weighted by molar-refractivity contribution is 0.469. The van der Waals surface area contributed by atoms with Gasteiger partial charge in [-0.15, -0.1) is 0 Å². The first-order valence-corrected chi connectivity index (χ1v) is 7.96. The van der Waals surface area contributed by atoms with Crippen LogP contribution in [0.25, 0.3) is 11.1 Å². The summed E-state index contributed by atoms with van der Waals surface area (Å²) >= 11 is 0. The number of rotatable bonds is 4. The summed E-state index contributed by atoms with van der Waals surface area (Å²) in [6.45, 7) is 1.48. The van der Waals surface area contributed by atoms with Crippen molar-refractivity contribution in [1.82, 2.24) is 0 Å². The second kappa shape index (κ2) is 6.08. The van der Waals surface area contributed by atoms with Gasteiger partial charge in [-0.25, -0.2) is 0 Å². The van der Waals surface area contributed by atoms with Gasteiger partial charge in [0.15, 0.2) is 0 Å². The number of benzene rings is 2. The standard InChI is InChI=1S/C16H15NO3S/c1-12(21(18,19)20)10-13-2-6-15(7-3-13)16-8-4-14(11-17)5-9-16/h2-9,12H,10H2,1H3,(H,18,19,20). The average Bonchev–Trinajstić information content (AvgIpc) is 2.47. The lowest BCUT2D eigenvalue weighted by Crippen LogP contribution is -2.19. The third-order valence-corrected chi connectivity index (χ3v) is 4.52. The maximum absolute atomic E-state index is 11.0. The lowest BCUT2D eigenvalue weighted by atomic mass is 10.0. The molecule has 0 amide bonds. The van der Waals surface area contributed by atoms with Gasteiger partial charge < -0.3 is 0 Å². The fourth-order valence-corrected chi connectivity index (χ4v) is 2.41. The minimum atomic E-state index is -4.00. The number of hydrogen-bond donors (Lipinski definition) is 1. The molecule has 0 aromatic heterocycles. The van der Waals surface area contributed by atoms with E-state index in [1.165, 1.54) is 6.92 Å². The monoisotopic (exact) mass is 301 g/mol. The topological polar surface area (TPSA) is 78.2 Å². The normalized spacial score (nSPS) is 12.6. The molecule has 0 bridgehead atoms. The zero-order valence-corrected chi connectivity index (χ0v) is 12.3. The van der Waals surface area contributed by atoms with Crippen LogP contribution >= 0.6 is 0 Å². The van der Waals surface area contributed by atoms with Crippen molar-refractivity contribution in [2.75, 3.05) is 0 Å². The Balaban J connectivity index is 2.17. The molecule has 0 fully saturated rings. The molecular formula is C16H15NO3S. The molecule has 4 nitrogen and oxygen atoms in total. The molecule has 21 heavy (non-hydrogen) atoms. The molecule has 2 aromatic rings. The zero-order chi connectivity index (χ0) is 15.5. The summed E-state index contributed by atoms with van der Waals surface area (Å²) in [7, 11) is -4.00. The molecule has 0 saturated carbocycles. The minimum absolute atomic E-state index is 0.270. The van der Waals surface area contributed by atoms with Crippen LogP contribution in [0.1, 0.15) is 18.1 Å². The maximum Gasteiger partial charge on any atom is 0.267 e. The Morgan fingerprint density at radius 2 is 1.52 bits per heavy atom. The molecule has 1 unspecified atom stereocenters. The van der Waals surface area contributed by atoms with Crippen LogP contribution in [0.3, 0.4) is 0 Å². The van der Waals surface area contributed by atoms with Crippen LogP contribution in [0.15, 0.2) is 48.5 Å². The highest BCUT2D eigenvalue weighted by atomic mass is 32.2. The van der Waals surface area contributed by atoms with E-state index in [9.17, 15) is 8.42 Å². The van der Waals surface area contributed by atoms with E-state index >= 15 is 0 Å². The highest BCUT2D eigenvalue weighted by Crippen LogP contribution is 2.21. The average molecular weight is 301 g/mol. The van der Waals surface area contributed by atoms with Crippen LogP contribution in [0.4, 0.5) is 0 Å². The van der Waals surface area contributed by atoms with E-state index < -0.39 is 15.4 Å². The van der Waals surface area contributed by atoms with Gasteiger partial charge in [-0.1, -0.05) is 36.4 Å². The Labute approximate surface area is 124 Å². The van der Waals surface area contributed by atoms with Gasteiger partial charge in [0, 0.05) is 0 Å². The van der Waals surface area contributed by atoms with Crippen molar-refractivity contribution < 1.29 is 13.0 Å². The van der Waals surface area contributed by atoms with Crippen LogP contribution in [-0.4, -0.2) is 18.2 Å². The first-order valence-electron chi connectivity index (χ1n) is 6.46. The first-order chi connectivity index (χ1) is 9.90. The fourth-order valence-electron chi connectivity index (χ4n) is 2.01. The smallest absolute Gasteiger partial charge is 0.267 e. The van der Waals surface area contributed by atoms with Crippen molar-refractivity contribution in [2.24, 2.45) is 0 Å². The van der Waals surface area contributed by atoms with E-state index in [2.05, 4.69) is 6.07 Å². The van der Waals surface area contributed by atoms with Gasteiger partial charge in [0.2, 0.25) is 0 Å². The molecule has 0 aliphatic carbocycles. The minimum Gasteiger partial charge on any atom is -0.285 e. The molecular weight excluding hydrogens is 286 g/mol. The van der Waals surface area contributed by atoms with Crippen molar-refractivity contribution in [1.29, 1.82) is 5.26 Å². The predicted octanol–water partition coefficient (Wildman–Crippen LogP) is 3.04. The van der Waals surface area contributed by atoms with Gasteiger partial charge in [-0.2, -0.15) is 13.7 Å². The van der Waals surface area contributed by atoms with E-state index in [0.717, 1.165) is 16.7 Å². The van der Waals surface area contributed by atoms with E-state index in [0.29, 0.717) is 5.56 Å². The summed E-state index contributed by atoms with van der Waals surface area (Å²) in [5, 5.41) is 7.94. The molecule has 1 N–H and O–H groups in total. The van der Waals surface area contributed by atoms with Crippen LogP contribution in [0, 0.1) is 11.3 Å². The quantitative estimate of drug-likeness (QED) is 0.880. The summed E-state index contributed by atoms with van der Waals surface area (Å²) in [5.74, 6) is 0. The number of nitriles is 1. The third-order valence-electron chi connectivity index (χ3n) is 3.33. The van der Waals surface area contributed by atoms with Crippen molar-refractivity contribution in [3.63, 3.8) is 0 Å². The first kappa shape index (κ1) is 15.2. The molecule has 2 rings (SSSR count). The highest BCUT2D eigenvalue weighted by Gasteiger charge is 2.17. The Kier molecular flexibility index (Phi) is 4.41. The molecule has 0 radical (unpaired) electrons. The van der Waals surface area contributed by atoms with E-state index in [4.69, 9.17) is 9.81 Å². The molecule has 1 atom stereocenters. The van der Waals surface area contributed by atoms with Gasteiger partial charge in [0.25, 0.3) is 10.1 Å². The lowest BCUT2D eigenvalue weighted by Gasteiger charge is -2.09. The second-order valence-electron chi connectivity index (χ2n) is 4.92. The maximum atomic E-state index is 11.0. The van der Waals surface area contributed by atoms with Gasteiger partial charge in [-0.05, 0) is 42.2 Å². The predicted molar refractivity (Wildman–Crippen MR) is 81.3 cm³/mol. The molecule has 0 heterocycles. The van der Waals surface area contributed by atoms with Gasteiger partial charge in [-0.3, -0.25) is 4.55 Å². The molecule has 5 heteroatoms. The summed E-state index contributed by atoms with van der Waals surface area (Å²) in [5.41, 5.74) is 3.43. The fraction of sp³-hybridized carbons (Fsp3) is 0.188. The Hall–Kier alpha value is -2.16. The SMILES string of the molecule is CC(Cc1ccc(-c2ccc(C#N)cc2)cc1)S(=O)(=O)O. The Bertz CT molecular complexity index is 757. The van der Waals surface area contributed by atoms with E-state index in [-0.39, 0.29) is 6.42 Å². The Morgan fingerprint density at radius 3 is 1.95 bits per heavy atom. The molecule has 0 saturated heterocycles. The van der Waals surface area contributed by atoms with Crippen LogP contribution in [0.2, 0.25) is 0 Å². The zero-order valence-electron chi connectivity index (χ0n) is 11.5. The number of hydrogen-bond acceptors (Lipinski definition) is 3. The third kappa shape index (κ3) is 3.91. The highest BCUT2D eigenvalue weighted by molar-refractivity contribution is 7.86. The summed E-state index contributed by atoms with van der Waals surface area (Å²) in [4.78, 5) is 0. The van der Waals surface area contributed by atoms with Crippen molar-refractivity contribution in [3.05, 3.63) is 59.7 Å². The van der Waals surface area contributed by atoms with E-state index in [1.807, 2.05) is 36.4 Å². The van der Waals surface area contributed by atoms with Crippen molar-refractivity contribution in [2.45, 2.75) is 18.6 Å². The molecule has 2 aromatic carbocycles. The Morgan fingerprint density at radius 1 is 1.05 bits per heavy atom. The summed E-state index contributed by atoms with van der Waals surface area (Å²) in [6, 6.07) is 16.8. The van der Waals surface area contributed by atoms with E-state index in [1.54, 1.807) is 12.1 Å².